The van der Waals surface area contributed by atoms with Gasteiger partial charge < -0.3 is 18.3 Å². The molecule has 0 unspecified atom stereocenters. The van der Waals surface area contributed by atoms with E-state index in [1.54, 1.807) is 11.3 Å². The summed E-state index contributed by atoms with van der Waals surface area (Å²) in [5.41, 5.74) is 24.6. The molecule has 26 aromatic rings. The van der Waals surface area contributed by atoms with Crippen molar-refractivity contribution in [2.24, 2.45) is 0 Å². The zero-order valence-corrected chi connectivity index (χ0v) is 65.7. The summed E-state index contributed by atoms with van der Waals surface area (Å²) in [5.74, 6) is 1.25. The van der Waals surface area contributed by atoms with E-state index in [-0.39, 0.29) is 0 Å². The van der Waals surface area contributed by atoms with Crippen molar-refractivity contribution >= 4 is 190 Å². The van der Waals surface area contributed by atoms with Crippen molar-refractivity contribution < 1.29 is 8.83 Å². The quantitative estimate of drug-likeness (QED) is 0.135. The van der Waals surface area contributed by atoms with Crippen LogP contribution in [0.3, 0.4) is 0 Å². The van der Waals surface area contributed by atoms with Gasteiger partial charge in [0.25, 0.3) is 0 Å². The molecule has 0 saturated heterocycles. The topological polar surface area (TPSA) is 95.9 Å². The highest BCUT2D eigenvalue weighted by Crippen LogP contribution is 2.50. The van der Waals surface area contributed by atoms with Gasteiger partial charge in [-0.05, 0) is 107 Å². The van der Waals surface area contributed by atoms with Gasteiger partial charge in [0.05, 0.1) is 71.6 Å². The number of fused-ring (bicyclic) bond motifs is 23. The molecule has 26 rings (SSSR count). The van der Waals surface area contributed by atoms with Crippen LogP contribution in [0.25, 0.3) is 224 Å². The molecule has 0 bridgehead atoms. The summed E-state index contributed by atoms with van der Waals surface area (Å²) in [6, 6.07) is 142. The number of hydrogen-bond acceptors (Lipinski definition) is 8. The summed E-state index contributed by atoms with van der Waals surface area (Å²) in [6.45, 7) is 0. The first-order valence-corrected chi connectivity index (χ1v) is 41.6. The summed E-state index contributed by atoms with van der Waals surface area (Å²) in [6.07, 6.45) is 0. The van der Waals surface area contributed by atoms with E-state index in [1.807, 2.05) is 24.3 Å². The fraction of sp³-hybridized carbons (Fsp3) is 0. The van der Waals surface area contributed by atoms with E-state index < -0.39 is 0 Å². The minimum Gasteiger partial charge on any atom is -0.455 e. The fourth-order valence-corrected chi connectivity index (χ4v) is 20.0. The third-order valence-electron chi connectivity index (χ3n) is 24.3. The molecule has 0 atom stereocenters. The number of nitrogens with zero attached hydrogens (tertiary/aromatic N) is 8. The van der Waals surface area contributed by atoms with Gasteiger partial charge in [0.15, 0.2) is 0 Å². The molecule has 564 valence electrons. The summed E-state index contributed by atoms with van der Waals surface area (Å²) in [7, 11) is 0. The monoisotopic (exact) mass is 1560 g/mol. The Morgan fingerprint density at radius 2 is 0.620 bits per heavy atom. The van der Waals surface area contributed by atoms with Crippen molar-refractivity contribution in [2.75, 3.05) is 4.90 Å². The lowest BCUT2D eigenvalue weighted by atomic mass is 10.00. The maximum absolute atomic E-state index is 7.03. The van der Waals surface area contributed by atoms with Crippen LogP contribution in [0.2, 0.25) is 0 Å². The molecular weight excluding hydrogens is 1500 g/mol. The van der Waals surface area contributed by atoms with Crippen molar-refractivity contribution in [2.45, 2.75) is 0 Å². The summed E-state index contributed by atoms with van der Waals surface area (Å²) in [4.78, 5) is 23.7. The second kappa shape index (κ2) is 27.3. The van der Waals surface area contributed by atoms with Gasteiger partial charge in [0, 0.05) is 126 Å². The highest BCUT2D eigenvalue weighted by Gasteiger charge is 2.28. The number of hydrogen-bond donors (Lipinski definition) is 0. The third-order valence-corrected chi connectivity index (χ3v) is 25.5. The summed E-state index contributed by atoms with van der Waals surface area (Å²) < 4.78 is 23.1. The molecular formula is C110H66N8O2S. The van der Waals surface area contributed by atoms with Crippen molar-refractivity contribution in [3.63, 3.8) is 0 Å². The third kappa shape index (κ3) is 10.8. The zero-order valence-electron chi connectivity index (χ0n) is 64.9. The maximum Gasteiger partial charge on any atom is 0.235 e. The predicted octanol–water partition coefficient (Wildman–Crippen LogP) is 30.0. The van der Waals surface area contributed by atoms with Gasteiger partial charge in [-0.1, -0.05) is 303 Å². The number of para-hydroxylation sites is 5. The fourth-order valence-electron chi connectivity index (χ4n) is 18.8. The summed E-state index contributed by atoms with van der Waals surface area (Å²) >= 11 is 1.75. The number of furan rings is 2. The lowest BCUT2D eigenvalue weighted by Crippen LogP contribution is -2.10. The molecule has 0 spiro atoms. The first-order valence-electron chi connectivity index (χ1n) is 40.8. The number of aromatic nitrogens is 7. The van der Waals surface area contributed by atoms with Crippen LogP contribution < -0.4 is 4.90 Å². The Morgan fingerprint density at radius 1 is 0.240 bits per heavy atom. The minimum absolute atomic E-state index is 0.615. The first kappa shape index (κ1) is 68.2. The summed E-state index contributed by atoms with van der Waals surface area (Å²) in [5, 5.41) is 17.8. The molecule has 0 aliphatic rings. The second-order valence-electron chi connectivity index (χ2n) is 31.1. The van der Waals surface area contributed by atoms with Crippen molar-refractivity contribution in [1.29, 1.82) is 0 Å². The van der Waals surface area contributed by atoms with Crippen LogP contribution >= 0.6 is 11.3 Å². The average Bonchev–Trinajstić information content (AvgIpc) is 1.57. The first-order chi connectivity index (χ1) is 60.0. The number of rotatable bonds is 10. The SMILES string of the molecule is c1ccc(-c2ccc(N(c3ccc(-c4ccccc4)cc3)c3cc4c5cc6c7ccccc7n(-c7nc(-c8ccccc8)c8ccccc8n7)c6cc5oc4c4ccccc34)cc2)cc1.c1ccc(-c2nc(-n3c4ccccc4c4cc5c(cc43)oc3c4ccccc4c(-n4c6ccccc6c6ccccc64)cc53)nc3c2sc2ccccc23)cc1. The van der Waals surface area contributed by atoms with Gasteiger partial charge in [0.2, 0.25) is 11.9 Å². The number of thiophene rings is 1. The van der Waals surface area contributed by atoms with E-state index in [9.17, 15) is 0 Å². The highest BCUT2D eigenvalue weighted by atomic mass is 32.1. The molecule has 0 fully saturated rings. The number of benzene rings is 18. The molecule has 18 aromatic carbocycles. The van der Waals surface area contributed by atoms with E-state index in [4.69, 9.17) is 28.8 Å². The molecule has 11 heteroatoms. The van der Waals surface area contributed by atoms with Crippen LogP contribution in [0, 0.1) is 0 Å². The molecule has 8 heterocycles. The van der Waals surface area contributed by atoms with Crippen LogP contribution in [-0.4, -0.2) is 33.6 Å². The molecule has 0 aliphatic heterocycles. The minimum atomic E-state index is 0.615. The van der Waals surface area contributed by atoms with Gasteiger partial charge in [-0.3, -0.25) is 9.13 Å². The standard InChI is InChI=1S/C60H38N4O.C50H28N4OS/c1-4-16-39(17-5-1)41-28-32-44(33-29-41)63(45-34-30-42(31-35-45)40-18-6-2-7-19-40)55-37-52-51-36-50-47-23-13-15-27-54(47)64(56(50)38-57(51)65-59(52)48-24-11-10-22-46(48)55)60-61-53-26-14-12-25-49(53)58(62-60)43-20-8-3-9-21-43;1-2-14-29(15-3-1)46-49-47(35-21-9-13-25-45(35)56-49)52-50(51-46)54-41-24-12-8-19-33(41)36-26-37-38-27-42(32-18-4-5-20-34(32)48(38)55-44(37)28-43(36)54)53-39-22-10-6-16-30(39)31-17-7-11-23-40(31)53/h1-38H;1-28H. The number of anilines is 3. The Bertz CT molecular complexity index is 8570. The second-order valence-corrected chi connectivity index (χ2v) is 32.1. The molecule has 0 aliphatic carbocycles. The Hall–Kier alpha value is -16.1. The lowest BCUT2D eigenvalue weighted by molar-refractivity contribution is 0.672. The molecule has 10 nitrogen and oxygen atoms in total. The molecule has 0 radical (unpaired) electrons. The van der Waals surface area contributed by atoms with Gasteiger partial charge in [-0.25, -0.2) is 19.9 Å². The Labute approximate surface area is 695 Å². The van der Waals surface area contributed by atoms with Gasteiger partial charge in [0.1, 0.15) is 22.3 Å². The lowest BCUT2D eigenvalue weighted by Gasteiger charge is -2.27. The van der Waals surface area contributed by atoms with Crippen molar-refractivity contribution in [3.8, 4) is 62.4 Å². The van der Waals surface area contributed by atoms with E-state index >= 15 is 0 Å². The van der Waals surface area contributed by atoms with E-state index in [0.29, 0.717) is 11.9 Å². The Morgan fingerprint density at radius 3 is 1.15 bits per heavy atom. The van der Waals surface area contributed by atoms with Crippen LogP contribution in [0.15, 0.2) is 409 Å². The van der Waals surface area contributed by atoms with Crippen LogP contribution in [0.4, 0.5) is 17.1 Å². The largest absolute Gasteiger partial charge is 0.455 e. The van der Waals surface area contributed by atoms with Gasteiger partial charge in [-0.15, -0.1) is 11.3 Å². The normalized spacial score (nSPS) is 12.0. The van der Waals surface area contributed by atoms with Gasteiger partial charge >= 0.3 is 0 Å². The Balaban J connectivity index is 0.000000135. The average molecular weight is 1560 g/mol. The van der Waals surface area contributed by atoms with Crippen molar-refractivity contribution in [1.82, 2.24) is 33.6 Å². The van der Waals surface area contributed by atoms with E-state index in [2.05, 4.69) is 395 Å². The molecule has 121 heavy (non-hydrogen) atoms. The smallest absolute Gasteiger partial charge is 0.235 e. The highest BCUT2D eigenvalue weighted by molar-refractivity contribution is 7.26. The van der Waals surface area contributed by atoms with Crippen LogP contribution in [-0.2, 0) is 0 Å². The Kier molecular flexibility index (Phi) is 15.4. The molecule has 0 amide bonds. The van der Waals surface area contributed by atoms with Crippen LogP contribution in [0.1, 0.15) is 0 Å². The molecule has 0 saturated carbocycles. The molecule has 0 N–H and O–H groups in total. The van der Waals surface area contributed by atoms with Gasteiger partial charge in [-0.2, -0.15) is 0 Å². The van der Waals surface area contributed by atoms with Crippen LogP contribution in [0.5, 0.6) is 0 Å². The molecule has 8 aromatic heterocycles. The predicted molar refractivity (Wildman–Crippen MR) is 503 cm³/mol. The van der Waals surface area contributed by atoms with E-state index in [0.717, 1.165) is 181 Å². The van der Waals surface area contributed by atoms with Crippen molar-refractivity contribution in [3.05, 3.63) is 400 Å². The zero-order chi connectivity index (χ0) is 79.3. The van der Waals surface area contributed by atoms with E-state index in [1.165, 1.54) is 48.8 Å². The maximum atomic E-state index is 7.03.